The van der Waals surface area contributed by atoms with E-state index in [9.17, 15) is 13.2 Å². The molecule has 1 fully saturated rings. The number of rotatable bonds is 4. The molecule has 1 aliphatic heterocycles. The number of ether oxygens (including phenoxy) is 2. The third-order valence-corrected chi connectivity index (χ3v) is 4.06. The van der Waals surface area contributed by atoms with E-state index in [4.69, 9.17) is 4.74 Å². The molecule has 3 nitrogen and oxygen atoms in total. The maximum absolute atomic E-state index is 12.1. The van der Waals surface area contributed by atoms with Gasteiger partial charge in [0.05, 0.1) is 12.7 Å². The Hall–Kier alpha value is -1.27. The normalized spacial score (nSPS) is 22.0. The summed E-state index contributed by atoms with van der Waals surface area (Å²) in [4.78, 5) is 0. The molecule has 2 rings (SSSR count). The maximum atomic E-state index is 12.1. The van der Waals surface area contributed by atoms with Gasteiger partial charge in [0.1, 0.15) is 5.75 Å². The van der Waals surface area contributed by atoms with Gasteiger partial charge in [-0.05, 0) is 30.5 Å². The fourth-order valence-corrected chi connectivity index (χ4v) is 2.48. The van der Waals surface area contributed by atoms with Crippen molar-refractivity contribution in [1.82, 2.24) is 5.32 Å². The summed E-state index contributed by atoms with van der Waals surface area (Å²) < 4.78 is 46.0. The molecule has 0 bridgehead atoms. The van der Waals surface area contributed by atoms with Crippen molar-refractivity contribution in [3.8, 4) is 5.75 Å². The second-order valence-electron chi connectivity index (χ2n) is 5.28. The molecule has 0 saturated carbocycles. The highest BCUT2D eigenvalue weighted by Crippen LogP contribution is 2.29. The predicted octanol–water partition coefficient (Wildman–Crippen LogP) is 3.80. The molecular formula is C15H20F3NO2. The fraction of sp³-hybridized carbons (Fsp3) is 0.600. The lowest BCUT2D eigenvalue weighted by Gasteiger charge is -2.40. The lowest BCUT2D eigenvalue weighted by Crippen LogP contribution is -2.54. The Morgan fingerprint density at radius 1 is 1.24 bits per heavy atom. The largest absolute Gasteiger partial charge is 0.573 e. The highest BCUT2D eigenvalue weighted by atomic mass is 19.4. The Morgan fingerprint density at radius 3 is 2.29 bits per heavy atom. The summed E-state index contributed by atoms with van der Waals surface area (Å²) in [5.74, 6) is -0.216. The average molecular weight is 303 g/mol. The first-order valence-electron chi connectivity index (χ1n) is 7.10. The summed E-state index contributed by atoms with van der Waals surface area (Å²) in [5, 5.41) is 3.50. The zero-order valence-electron chi connectivity index (χ0n) is 12.2. The van der Waals surface area contributed by atoms with Crippen LogP contribution in [-0.2, 0) is 4.74 Å². The first-order chi connectivity index (χ1) is 9.87. The zero-order valence-corrected chi connectivity index (χ0v) is 12.2. The highest BCUT2D eigenvalue weighted by molar-refractivity contribution is 5.29. The summed E-state index contributed by atoms with van der Waals surface area (Å²) in [6.45, 7) is 5.49. The minimum Gasteiger partial charge on any atom is -0.406 e. The standard InChI is InChI=1S/C15H20F3NO2/c1-3-14(4-2)10-20-13(9-19-14)11-5-7-12(8-6-11)21-15(16,17)18/h5-8,13,19H,3-4,9-10H2,1-2H3. The van der Waals surface area contributed by atoms with Crippen molar-refractivity contribution in [2.45, 2.75) is 44.7 Å². The van der Waals surface area contributed by atoms with Crippen LogP contribution in [0.15, 0.2) is 24.3 Å². The van der Waals surface area contributed by atoms with Gasteiger partial charge in [0.25, 0.3) is 0 Å². The number of hydrogen-bond acceptors (Lipinski definition) is 3. The van der Waals surface area contributed by atoms with Gasteiger partial charge in [-0.1, -0.05) is 26.0 Å². The van der Waals surface area contributed by atoms with Crippen LogP contribution in [0.25, 0.3) is 0 Å². The molecule has 21 heavy (non-hydrogen) atoms. The smallest absolute Gasteiger partial charge is 0.406 e. The Kier molecular flexibility index (Phi) is 4.78. The van der Waals surface area contributed by atoms with E-state index in [2.05, 4.69) is 23.9 Å². The summed E-state index contributed by atoms with van der Waals surface area (Å²) in [7, 11) is 0. The van der Waals surface area contributed by atoms with Gasteiger partial charge in [0, 0.05) is 12.1 Å². The number of alkyl halides is 3. The average Bonchev–Trinajstić information content (AvgIpc) is 2.47. The van der Waals surface area contributed by atoms with E-state index in [1.807, 2.05) is 0 Å². The number of benzene rings is 1. The molecule has 0 aliphatic carbocycles. The van der Waals surface area contributed by atoms with Gasteiger partial charge in [0.15, 0.2) is 0 Å². The van der Waals surface area contributed by atoms with E-state index >= 15 is 0 Å². The van der Waals surface area contributed by atoms with Gasteiger partial charge in [-0.3, -0.25) is 0 Å². The molecule has 0 aromatic heterocycles. The number of morpholine rings is 1. The van der Waals surface area contributed by atoms with Gasteiger partial charge < -0.3 is 14.8 Å². The van der Waals surface area contributed by atoms with E-state index in [0.717, 1.165) is 18.4 Å². The molecule has 0 radical (unpaired) electrons. The minimum atomic E-state index is -4.66. The van der Waals surface area contributed by atoms with Gasteiger partial charge in [-0.25, -0.2) is 0 Å². The molecule has 1 aromatic rings. The second kappa shape index (κ2) is 6.23. The molecule has 1 saturated heterocycles. The predicted molar refractivity (Wildman–Crippen MR) is 73.1 cm³/mol. The molecule has 1 atom stereocenters. The van der Waals surface area contributed by atoms with Crippen molar-refractivity contribution in [3.05, 3.63) is 29.8 Å². The molecule has 1 heterocycles. The van der Waals surface area contributed by atoms with Crippen LogP contribution in [0, 0.1) is 0 Å². The van der Waals surface area contributed by atoms with Crippen LogP contribution in [-0.4, -0.2) is 25.1 Å². The lowest BCUT2D eigenvalue weighted by atomic mass is 9.91. The molecule has 6 heteroatoms. The molecule has 0 spiro atoms. The summed E-state index contributed by atoms with van der Waals surface area (Å²) in [6.07, 6.45) is -2.84. The molecule has 1 aromatic carbocycles. The summed E-state index contributed by atoms with van der Waals surface area (Å²) in [5.41, 5.74) is 0.855. The van der Waals surface area contributed by atoms with Crippen molar-refractivity contribution in [3.63, 3.8) is 0 Å². The van der Waals surface area contributed by atoms with Crippen molar-refractivity contribution < 1.29 is 22.6 Å². The maximum Gasteiger partial charge on any atom is 0.573 e. The van der Waals surface area contributed by atoms with Crippen molar-refractivity contribution >= 4 is 0 Å². The SMILES string of the molecule is CCC1(CC)COC(c2ccc(OC(F)(F)F)cc2)CN1. The van der Waals surface area contributed by atoms with E-state index in [-0.39, 0.29) is 17.4 Å². The van der Waals surface area contributed by atoms with Gasteiger partial charge in [-0.2, -0.15) is 0 Å². The van der Waals surface area contributed by atoms with Crippen LogP contribution in [0.3, 0.4) is 0 Å². The van der Waals surface area contributed by atoms with Crippen molar-refractivity contribution in [2.75, 3.05) is 13.2 Å². The zero-order chi connectivity index (χ0) is 15.5. The van der Waals surface area contributed by atoms with Crippen LogP contribution in [0.5, 0.6) is 5.75 Å². The molecule has 118 valence electrons. The molecule has 1 aliphatic rings. The molecule has 1 unspecified atom stereocenters. The number of hydrogen-bond donors (Lipinski definition) is 1. The molecule has 1 N–H and O–H groups in total. The first-order valence-corrected chi connectivity index (χ1v) is 7.10. The van der Waals surface area contributed by atoms with Crippen LogP contribution in [0.4, 0.5) is 13.2 Å². The van der Waals surface area contributed by atoms with E-state index in [0.29, 0.717) is 13.2 Å². The van der Waals surface area contributed by atoms with E-state index in [1.165, 1.54) is 12.1 Å². The molecule has 0 amide bonds. The van der Waals surface area contributed by atoms with E-state index < -0.39 is 6.36 Å². The summed E-state index contributed by atoms with van der Waals surface area (Å²) >= 11 is 0. The third kappa shape index (κ3) is 4.11. The topological polar surface area (TPSA) is 30.5 Å². The number of nitrogens with one attached hydrogen (secondary N) is 1. The number of halogens is 3. The quantitative estimate of drug-likeness (QED) is 0.917. The Bertz CT molecular complexity index is 445. The van der Waals surface area contributed by atoms with Crippen LogP contribution in [0.2, 0.25) is 0 Å². The minimum absolute atomic E-state index is 0.00976. The highest BCUT2D eigenvalue weighted by Gasteiger charge is 2.33. The van der Waals surface area contributed by atoms with Gasteiger partial charge in [-0.15, -0.1) is 13.2 Å². The fourth-order valence-electron chi connectivity index (χ4n) is 2.48. The van der Waals surface area contributed by atoms with Crippen LogP contribution >= 0.6 is 0 Å². The summed E-state index contributed by atoms with van der Waals surface area (Å²) in [6, 6.07) is 5.85. The van der Waals surface area contributed by atoms with Crippen LogP contribution in [0.1, 0.15) is 38.4 Å². The Morgan fingerprint density at radius 2 is 1.86 bits per heavy atom. The van der Waals surface area contributed by atoms with Crippen molar-refractivity contribution in [2.24, 2.45) is 0 Å². The second-order valence-corrected chi connectivity index (χ2v) is 5.28. The molecular weight excluding hydrogens is 283 g/mol. The monoisotopic (exact) mass is 303 g/mol. The van der Waals surface area contributed by atoms with E-state index in [1.54, 1.807) is 12.1 Å². The van der Waals surface area contributed by atoms with Gasteiger partial charge in [0.2, 0.25) is 0 Å². The third-order valence-electron chi connectivity index (χ3n) is 4.06. The Labute approximate surface area is 122 Å². The van der Waals surface area contributed by atoms with Crippen LogP contribution < -0.4 is 10.1 Å². The van der Waals surface area contributed by atoms with Gasteiger partial charge >= 0.3 is 6.36 Å². The first kappa shape index (κ1) is 16.1. The Balaban J connectivity index is 1.98. The van der Waals surface area contributed by atoms with Crippen molar-refractivity contribution in [1.29, 1.82) is 0 Å². The lowest BCUT2D eigenvalue weighted by molar-refractivity contribution is -0.274.